The fourth-order valence-electron chi connectivity index (χ4n) is 3.95. The molecule has 0 amide bonds. The minimum atomic E-state index is -1.89. The van der Waals surface area contributed by atoms with Crippen molar-refractivity contribution in [3.05, 3.63) is 44.5 Å². The van der Waals surface area contributed by atoms with Gasteiger partial charge in [0, 0.05) is 30.7 Å². The van der Waals surface area contributed by atoms with Crippen LogP contribution < -0.4 is 15.2 Å². The van der Waals surface area contributed by atoms with E-state index in [0.717, 1.165) is 35.3 Å². The molecule has 0 unspecified atom stereocenters. The molecule has 1 saturated heterocycles. The Balaban J connectivity index is 1.70. The molecule has 0 radical (unpaired) electrons. The lowest BCUT2D eigenvalue weighted by atomic mass is 9.94. The first-order chi connectivity index (χ1) is 15.9. The molecular weight excluding hydrogens is 465 g/mol. The smallest absolute Gasteiger partial charge is 0.291 e. The molecule has 4 heterocycles. The predicted octanol–water partition coefficient (Wildman–Crippen LogP) is 2.32. The molecule has 3 aromatic rings. The molecule has 12 heteroatoms. The van der Waals surface area contributed by atoms with Gasteiger partial charge in [-0.3, -0.25) is 9.59 Å². The third kappa shape index (κ3) is 4.89. The van der Waals surface area contributed by atoms with Crippen LogP contribution in [-0.4, -0.2) is 56.8 Å². The first-order valence-electron chi connectivity index (χ1n) is 10.3. The van der Waals surface area contributed by atoms with Crippen molar-refractivity contribution in [2.45, 2.75) is 19.3 Å². The summed E-state index contributed by atoms with van der Waals surface area (Å²) in [6.45, 7) is 1.28. The Morgan fingerprint density at radius 1 is 1.36 bits per heavy atom. The number of aromatic nitrogens is 3. The van der Waals surface area contributed by atoms with Gasteiger partial charge < -0.3 is 19.4 Å². The lowest BCUT2D eigenvalue weighted by molar-refractivity contribution is 0.0944. The summed E-state index contributed by atoms with van der Waals surface area (Å²) in [5.74, 6) is 0.550. The Morgan fingerprint density at radius 3 is 2.76 bits per heavy atom. The molecule has 10 nitrogen and oxygen atoms in total. The van der Waals surface area contributed by atoms with Crippen molar-refractivity contribution in [2.24, 2.45) is 5.92 Å². The Kier molecular flexibility index (Phi) is 7.00. The molecule has 1 aliphatic heterocycles. The number of thiophene rings is 1. The predicted molar refractivity (Wildman–Crippen MR) is 125 cm³/mol. The van der Waals surface area contributed by atoms with Gasteiger partial charge in [0.25, 0.3) is 11.5 Å². The highest BCUT2D eigenvalue weighted by molar-refractivity contribution is 7.45. The average molecular weight is 487 g/mol. The third-order valence-electron chi connectivity index (χ3n) is 5.71. The minimum Gasteiger partial charge on any atom is -0.481 e. The van der Waals surface area contributed by atoms with Gasteiger partial charge in [-0.2, -0.15) is 20.0 Å². The second kappa shape index (κ2) is 9.93. The maximum Gasteiger partial charge on any atom is 0.291 e. The zero-order chi connectivity index (χ0) is 23.5. The first kappa shape index (κ1) is 23.3. The Hall–Kier alpha value is -2.90. The number of nitriles is 1. The van der Waals surface area contributed by atoms with E-state index in [1.807, 2.05) is 11.0 Å². The highest BCUT2D eigenvalue weighted by Gasteiger charge is 2.25. The highest BCUT2D eigenvalue weighted by atomic mass is 32.1. The molecule has 2 N–H and O–H groups in total. The second-order valence-corrected chi connectivity index (χ2v) is 9.99. The van der Waals surface area contributed by atoms with E-state index in [2.05, 4.69) is 10.1 Å². The van der Waals surface area contributed by atoms with Crippen molar-refractivity contribution in [3.8, 4) is 11.9 Å². The molecule has 0 saturated carbocycles. The number of hydrogen-bond donors (Lipinski definition) is 2. The Labute approximate surface area is 194 Å². The molecule has 1 fully saturated rings. The number of hydrogen-bond acceptors (Lipinski definition) is 10. The van der Waals surface area contributed by atoms with E-state index < -0.39 is 19.8 Å². The molecule has 0 aromatic carbocycles. The van der Waals surface area contributed by atoms with E-state index in [-0.39, 0.29) is 10.3 Å². The number of anilines is 1. The molecule has 0 aliphatic carbocycles. The van der Waals surface area contributed by atoms with Crippen molar-refractivity contribution in [1.29, 1.82) is 5.26 Å². The molecule has 0 spiro atoms. The fourth-order valence-corrected chi connectivity index (χ4v) is 5.28. The van der Waals surface area contributed by atoms with Crippen molar-refractivity contribution in [2.75, 3.05) is 31.3 Å². The fraction of sp³-hybridized carbons (Fsp3) is 0.381. The number of rotatable bonds is 6. The van der Waals surface area contributed by atoms with Gasteiger partial charge in [0.2, 0.25) is 5.88 Å². The van der Waals surface area contributed by atoms with Crippen LogP contribution in [0.25, 0.3) is 10.8 Å². The minimum absolute atomic E-state index is 0.247. The number of ether oxygens (including phenoxy) is 1. The highest BCUT2D eigenvalue weighted by Crippen LogP contribution is 2.33. The summed E-state index contributed by atoms with van der Waals surface area (Å²) in [5, 5.41) is 13.9. The quantitative estimate of drug-likeness (QED) is 0.501. The van der Waals surface area contributed by atoms with Crippen LogP contribution in [0, 0.1) is 17.2 Å². The summed E-state index contributed by atoms with van der Waals surface area (Å²) in [4.78, 5) is 51.8. The van der Waals surface area contributed by atoms with Crippen molar-refractivity contribution in [3.63, 3.8) is 0 Å². The number of methoxy groups -OCH3 is 1. The second-order valence-electron chi connectivity index (χ2n) is 7.71. The van der Waals surface area contributed by atoms with Crippen molar-refractivity contribution >= 4 is 42.2 Å². The summed E-state index contributed by atoms with van der Waals surface area (Å²) in [6.07, 6.45) is 4.24. The Bertz CT molecular complexity index is 1280. The summed E-state index contributed by atoms with van der Waals surface area (Å²) < 4.78 is 6.13. The summed E-state index contributed by atoms with van der Waals surface area (Å²) in [5.41, 5.74) is -0.581. The van der Waals surface area contributed by atoms with Gasteiger partial charge in [-0.15, -0.1) is 11.3 Å². The number of nitrogens with zero attached hydrogens (tertiary/aromatic N) is 5. The normalized spacial score (nSPS) is 14.6. The van der Waals surface area contributed by atoms with Crippen LogP contribution in [0.5, 0.6) is 5.88 Å². The molecule has 1 aliphatic rings. The zero-order valence-electron chi connectivity index (χ0n) is 17.8. The van der Waals surface area contributed by atoms with E-state index in [1.54, 1.807) is 6.07 Å². The molecule has 33 heavy (non-hydrogen) atoms. The van der Waals surface area contributed by atoms with Crippen LogP contribution in [0.15, 0.2) is 29.2 Å². The molecule has 172 valence electrons. The topological polar surface area (TPSA) is 142 Å². The molecule has 4 rings (SSSR count). The van der Waals surface area contributed by atoms with Crippen LogP contribution in [0.2, 0.25) is 0 Å². The third-order valence-corrected chi connectivity index (χ3v) is 7.34. The number of carbonyl (C=O) groups is 1. The van der Waals surface area contributed by atoms with Gasteiger partial charge in [0.05, 0.1) is 23.6 Å². The monoisotopic (exact) mass is 487 g/mol. The largest absolute Gasteiger partial charge is 0.481 e. The van der Waals surface area contributed by atoms with E-state index in [4.69, 9.17) is 10.00 Å². The SMILES string of the molecule is COc1cc2cnn(C(=O)c3ccc(C#N)s3)c(=O)c2c(N2CCC(CCP(O)O)CC2)n1. The summed E-state index contributed by atoms with van der Waals surface area (Å²) >= 11 is 1.00. The molecule has 0 atom stereocenters. The van der Waals surface area contributed by atoms with E-state index in [9.17, 15) is 19.4 Å². The zero-order valence-corrected chi connectivity index (χ0v) is 19.6. The van der Waals surface area contributed by atoms with Crippen molar-refractivity contribution in [1.82, 2.24) is 14.8 Å². The molecule has 0 bridgehead atoms. The van der Waals surface area contributed by atoms with Crippen LogP contribution >= 0.6 is 19.7 Å². The van der Waals surface area contributed by atoms with Gasteiger partial charge >= 0.3 is 0 Å². The number of piperidine rings is 1. The van der Waals surface area contributed by atoms with Crippen molar-refractivity contribution < 1.29 is 19.3 Å². The molecular formula is C21H22N5O5PS. The Morgan fingerprint density at radius 2 is 2.12 bits per heavy atom. The molecule has 3 aromatic heterocycles. The maximum atomic E-state index is 13.4. The van der Waals surface area contributed by atoms with E-state index in [1.165, 1.54) is 25.4 Å². The number of fused-ring (bicyclic) bond motifs is 1. The summed E-state index contributed by atoms with van der Waals surface area (Å²) in [7, 11) is -0.392. The first-order valence-corrected chi connectivity index (χ1v) is 12.6. The number of carbonyl (C=O) groups excluding carboxylic acids is 1. The summed E-state index contributed by atoms with van der Waals surface area (Å²) in [6, 6.07) is 6.63. The lowest BCUT2D eigenvalue weighted by Gasteiger charge is -2.33. The average Bonchev–Trinajstić information content (AvgIpc) is 3.31. The van der Waals surface area contributed by atoms with Gasteiger partial charge in [-0.25, -0.2) is 0 Å². The van der Waals surface area contributed by atoms with Gasteiger partial charge in [0.15, 0.2) is 8.38 Å². The van der Waals surface area contributed by atoms with Crippen LogP contribution in [0.4, 0.5) is 5.82 Å². The van der Waals surface area contributed by atoms with E-state index >= 15 is 0 Å². The van der Waals surface area contributed by atoms with E-state index in [0.29, 0.717) is 47.1 Å². The van der Waals surface area contributed by atoms with Gasteiger partial charge in [0.1, 0.15) is 16.8 Å². The number of pyridine rings is 1. The van der Waals surface area contributed by atoms with Gasteiger partial charge in [-0.05, 0) is 37.3 Å². The van der Waals surface area contributed by atoms with Gasteiger partial charge in [-0.1, -0.05) is 0 Å². The van der Waals surface area contributed by atoms with Crippen LogP contribution in [0.3, 0.4) is 0 Å². The lowest BCUT2D eigenvalue weighted by Crippen LogP contribution is -2.36. The maximum absolute atomic E-state index is 13.4. The van der Waals surface area contributed by atoms with Crippen LogP contribution in [-0.2, 0) is 0 Å². The van der Waals surface area contributed by atoms with Crippen LogP contribution in [0.1, 0.15) is 33.8 Å². The standard InChI is InChI=1S/C21H22N5O5PS/c1-31-17-10-14-12-23-26(20(27)16-3-2-15(11-22)33-16)21(28)18(14)19(24-17)25-7-4-13(5-8-25)6-9-32(29)30/h2-3,10,12-13,29-30H,4-9H2,1H3.